The quantitative estimate of drug-likeness (QED) is 0.724. The molecule has 18 heavy (non-hydrogen) atoms. The molecule has 5 heteroatoms. The third kappa shape index (κ3) is 3.84. The molecule has 0 radical (unpaired) electrons. The molecule has 1 heterocycles. The van der Waals surface area contributed by atoms with E-state index in [-0.39, 0.29) is 0 Å². The predicted molar refractivity (Wildman–Crippen MR) is 74.8 cm³/mol. The molecule has 5 nitrogen and oxygen atoms in total. The Hall–Kier alpha value is -1.36. The fourth-order valence-corrected chi connectivity index (χ4v) is 1.24. The van der Waals surface area contributed by atoms with E-state index < -0.39 is 11.1 Å². The molecule has 0 aromatic carbocycles. The lowest BCUT2D eigenvalue weighted by atomic mass is 9.86. The lowest BCUT2D eigenvalue weighted by molar-refractivity contribution is 0.0238. The van der Waals surface area contributed by atoms with Gasteiger partial charge in [0.05, 0.1) is 23.5 Å². The molecule has 0 spiro atoms. The van der Waals surface area contributed by atoms with Gasteiger partial charge in [0.25, 0.3) is 0 Å². The fourth-order valence-electron chi connectivity index (χ4n) is 1.24. The van der Waals surface area contributed by atoms with Crippen molar-refractivity contribution < 1.29 is 5.11 Å². The van der Waals surface area contributed by atoms with E-state index in [2.05, 4.69) is 27.5 Å². The molecule has 0 saturated heterocycles. The summed E-state index contributed by atoms with van der Waals surface area (Å²) in [6, 6.07) is 0. The number of nitrogens with one attached hydrogen (secondary N) is 2. The zero-order chi connectivity index (χ0) is 13.8. The average Bonchev–Trinajstić information content (AvgIpc) is 2.24. The maximum absolute atomic E-state index is 10.1. The summed E-state index contributed by atoms with van der Waals surface area (Å²) in [7, 11) is 0. The molecule has 0 saturated carbocycles. The van der Waals surface area contributed by atoms with Crippen molar-refractivity contribution >= 4 is 11.6 Å². The number of aromatic nitrogens is 2. The summed E-state index contributed by atoms with van der Waals surface area (Å²) in [5.74, 6) is 1.40. The molecule has 0 fully saturated rings. The van der Waals surface area contributed by atoms with Gasteiger partial charge in [-0.1, -0.05) is 6.92 Å². The number of hydrogen-bond acceptors (Lipinski definition) is 5. The number of nitrogens with zero attached hydrogens (tertiary/aromatic N) is 2. The monoisotopic (exact) mass is 252 g/mol. The van der Waals surface area contributed by atoms with E-state index in [0.29, 0.717) is 5.82 Å². The van der Waals surface area contributed by atoms with Gasteiger partial charge in [-0.15, -0.1) is 0 Å². The van der Waals surface area contributed by atoms with Crippen molar-refractivity contribution in [2.45, 2.75) is 52.2 Å². The smallest absolute Gasteiger partial charge is 0.147 e. The maximum atomic E-state index is 10.1. The zero-order valence-corrected chi connectivity index (χ0v) is 11.9. The largest absolute Gasteiger partial charge is 0.388 e. The second kappa shape index (κ2) is 5.52. The van der Waals surface area contributed by atoms with Crippen molar-refractivity contribution in [3.8, 4) is 0 Å². The van der Waals surface area contributed by atoms with Crippen molar-refractivity contribution in [3.63, 3.8) is 0 Å². The van der Waals surface area contributed by atoms with E-state index in [1.54, 1.807) is 26.2 Å². The minimum Gasteiger partial charge on any atom is -0.388 e. The Morgan fingerprint density at radius 3 is 2.33 bits per heavy atom. The first kappa shape index (κ1) is 14.7. The Balaban J connectivity index is 2.79. The molecule has 0 aliphatic heterocycles. The summed E-state index contributed by atoms with van der Waals surface area (Å²) in [4.78, 5) is 8.55. The summed E-state index contributed by atoms with van der Waals surface area (Å²) in [5, 5.41) is 16.5. The molecule has 3 N–H and O–H groups in total. The van der Waals surface area contributed by atoms with E-state index in [0.717, 1.165) is 18.8 Å². The Morgan fingerprint density at radius 2 is 1.78 bits per heavy atom. The molecule has 1 aromatic heterocycles. The van der Waals surface area contributed by atoms with Crippen molar-refractivity contribution in [3.05, 3.63) is 12.4 Å². The number of rotatable bonds is 6. The zero-order valence-electron chi connectivity index (χ0n) is 11.9. The van der Waals surface area contributed by atoms with Crippen LogP contribution in [-0.2, 0) is 0 Å². The standard InChI is InChI=1S/C13H24N4O/c1-6-7-15-10-8-14-9-11(16-10)17-12(2,3)13(4,5)18/h8-9,18H,6-7H2,1-5H3,(H2,15,16,17). The van der Waals surface area contributed by atoms with Crippen molar-refractivity contribution in [1.29, 1.82) is 0 Å². The van der Waals surface area contributed by atoms with Crippen LogP contribution in [0.2, 0.25) is 0 Å². The van der Waals surface area contributed by atoms with Gasteiger partial charge in [-0.2, -0.15) is 0 Å². The molecule has 0 aliphatic rings. The van der Waals surface area contributed by atoms with E-state index in [9.17, 15) is 5.11 Å². The molecule has 0 atom stereocenters. The summed E-state index contributed by atoms with van der Waals surface area (Å²) >= 11 is 0. The highest BCUT2D eigenvalue weighted by Gasteiger charge is 2.35. The number of anilines is 2. The highest BCUT2D eigenvalue weighted by Crippen LogP contribution is 2.25. The van der Waals surface area contributed by atoms with Crippen molar-refractivity contribution in [2.24, 2.45) is 0 Å². The molecule has 0 aliphatic carbocycles. The average molecular weight is 252 g/mol. The van der Waals surface area contributed by atoms with Gasteiger partial charge in [-0.25, -0.2) is 4.98 Å². The maximum Gasteiger partial charge on any atom is 0.147 e. The van der Waals surface area contributed by atoms with E-state index >= 15 is 0 Å². The molecular weight excluding hydrogens is 228 g/mol. The van der Waals surface area contributed by atoms with Gasteiger partial charge in [0.15, 0.2) is 0 Å². The first-order valence-electron chi connectivity index (χ1n) is 6.33. The molecule has 1 aromatic rings. The van der Waals surface area contributed by atoms with Crippen LogP contribution < -0.4 is 10.6 Å². The normalized spacial score (nSPS) is 12.3. The van der Waals surface area contributed by atoms with Gasteiger partial charge in [0.2, 0.25) is 0 Å². The molecule has 0 unspecified atom stereocenters. The molecule has 0 bridgehead atoms. The number of aliphatic hydroxyl groups is 1. The minimum atomic E-state index is -0.860. The lowest BCUT2D eigenvalue weighted by Crippen LogP contribution is -2.51. The van der Waals surface area contributed by atoms with Crippen molar-refractivity contribution in [2.75, 3.05) is 17.2 Å². The molecule has 0 amide bonds. The van der Waals surface area contributed by atoms with E-state index in [4.69, 9.17) is 0 Å². The van der Waals surface area contributed by atoms with Crippen molar-refractivity contribution in [1.82, 2.24) is 9.97 Å². The molecular formula is C13H24N4O. The van der Waals surface area contributed by atoms with Crippen LogP contribution in [0, 0.1) is 0 Å². The van der Waals surface area contributed by atoms with Gasteiger partial charge in [-0.3, -0.25) is 4.98 Å². The van der Waals surface area contributed by atoms with Crippen LogP contribution in [0.4, 0.5) is 11.6 Å². The summed E-state index contributed by atoms with van der Waals surface area (Å²) in [6.45, 7) is 10.4. The van der Waals surface area contributed by atoms with Gasteiger partial charge >= 0.3 is 0 Å². The molecule has 1 rings (SSSR count). The highest BCUT2D eigenvalue weighted by atomic mass is 16.3. The van der Waals surface area contributed by atoms with Gasteiger partial charge in [0.1, 0.15) is 11.6 Å². The Bertz CT molecular complexity index is 385. The Kier molecular flexibility index (Phi) is 4.51. The summed E-state index contributed by atoms with van der Waals surface area (Å²) in [6.07, 6.45) is 4.39. The SMILES string of the molecule is CCCNc1cncc(NC(C)(C)C(C)(C)O)n1. The van der Waals surface area contributed by atoms with E-state index in [1.807, 2.05) is 13.8 Å². The lowest BCUT2D eigenvalue weighted by Gasteiger charge is -2.38. The number of hydrogen-bond donors (Lipinski definition) is 3. The van der Waals surface area contributed by atoms with Crippen LogP contribution in [0.3, 0.4) is 0 Å². The third-order valence-corrected chi connectivity index (χ3v) is 3.16. The minimum absolute atomic E-state index is 0.495. The first-order valence-corrected chi connectivity index (χ1v) is 6.33. The van der Waals surface area contributed by atoms with Crippen LogP contribution in [0.15, 0.2) is 12.4 Å². The topological polar surface area (TPSA) is 70.1 Å². The van der Waals surface area contributed by atoms with E-state index in [1.165, 1.54) is 0 Å². The third-order valence-electron chi connectivity index (χ3n) is 3.16. The van der Waals surface area contributed by atoms with Gasteiger partial charge in [-0.05, 0) is 34.1 Å². The predicted octanol–water partition coefficient (Wildman–Crippen LogP) is 2.26. The summed E-state index contributed by atoms with van der Waals surface area (Å²) in [5.41, 5.74) is -1.35. The van der Waals surface area contributed by atoms with Crippen LogP contribution in [0.25, 0.3) is 0 Å². The van der Waals surface area contributed by atoms with Gasteiger partial charge < -0.3 is 15.7 Å². The Morgan fingerprint density at radius 1 is 1.17 bits per heavy atom. The van der Waals surface area contributed by atoms with Crippen LogP contribution in [-0.4, -0.2) is 32.8 Å². The van der Waals surface area contributed by atoms with Crippen LogP contribution in [0.1, 0.15) is 41.0 Å². The first-order chi connectivity index (χ1) is 8.26. The second-order valence-electron chi connectivity index (χ2n) is 5.53. The highest BCUT2D eigenvalue weighted by molar-refractivity contribution is 5.43. The van der Waals surface area contributed by atoms with Crippen LogP contribution >= 0.6 is 0 Å². The Labute approximate surface area is 109 Å². The molecule has 102 valence electrons. The van der Waals surface area contributed by atoms with Crippen LogP contribution in [0.5, 0.6) is 0 Å². The fraction of sp³-hybridized carbons (Fsp3) is 0.692. The van der Waals surface area contributed by atoms with Gasteiger partial charge in [0, 0.05) is 6.54 Å². The second-order valence-corrected chi connectivity index (χ2v) is 5.53. The summed E-state index contributed by atoms with van der Waals surface area (Å²) < 4.78 is 0.